The molecule has 0 fully saturated rings. The Labute approximate surface area is 172 Å². The maximum atomic E-state index is 12.6. The summed E-state index contributed by atoms with van der Waals surface area (Å²) < 4.78 is 1.87. The van der Waals surface area contributed by atoms with E-state index in [2.05, 4.69) is 10.4 Å². The van der Waals surface area contributed by atoms with Crippen molar-refractivity contribution < 1.29 is 4.79 Å². The minimum Gasteiger partial charge on any atom is -0.296 e. The number of aromatic nitrogens is 2. The van der Waals surface area contributed by atoms with Crippen LogP contribution in [0.1, 0.15) is 16.2 Å². The van der Waals surface area contributed by atoms with E-state index in [4.69, 9.17) is 34.8 Å². The molecule has 0 saturated heterocycles. The van der Waals surface area contributed by atoms with Gasteiger partial charge >= 0.3 is 0 Å². The number of halogens is 3. The molecular weight excluding hydrogens is 407 g/mol. The van der Waals surface area contributed by atoms with Gasteiger partial charge in [0.25, 0.3) is 5.91 Å². The predicted molar refractivity (Wildman–Crippen MR) is 110 cm³/mol. The highest BCUT2D eigenvalue weighted by molar-refractivity contribution is 6.36. The number of amides is 1. The standard InChI is InChI=1S/C19H17Cl3N4O/c1-11-17(19(27)24-25(2)3)23-18(15-9-6-13(21)10-16(15)22)26(11)14-7-4-12(20)5-8-14/h4-10H,1-3H3,(H,24,27). The van der Waals surface area contributed by atoms with Crippen LogP contribution in [0.3, 0.4) is 0 Å². The van der Waals surface area contributed by atoms with Gasteiger partial charge < -0.3 is 0 Å². The summed E-state index contributed by atoms with van der Waals surface area (Å²) in [7, 11) is 3.47. The van der Waals surface area contributed by atoms with Gasteiger partial charge in [0, 0.05) is 35.4 Å². The van der Waals surface area contributed by atoms with E-state index in [0.29, 0.717) is 37.8 Å². The van der Waals surface area contributed by atoms with Crippen molar-refractivity contribution in [3.05, 3.63) is 68.9 Å². The highest BCUT2D eigenvalue weighted by atomic mass is 35.5. The van der Waals surface area contributed by atoms with Crippen molar-refractivity contribution in [2.24, 2.45) is 0 Å². The second-order valence-corrected chi connectivity index (χ2v) is 7.42. The molecule has 0 unspecified atom stereocenters. The van der Waals surface area contributed by atoms with Gasteiger partial charge in [-0.3, -0.25) is 14.8 Å². The molecule has 0 bridgehead atoms. The number of carbonyl (C=O) groups excluding carboxylic acids is 1. The smallest absolute Gasteiger partial charge is 0.286 e. The molecule has 0 radical (unpaired) electrons. The minimum atomic E-state index is -0.309. The van der Waals surface area contributed by atoms with Crippen molar-refractivity contribution in [1.29, 1.82) is 0 Å². The average Bonchev–Trinajstić information content (AvgIpc) is 2.92. The fraction of sp³-hybridized carbons (Fsp3) is 0.158. The number of carbonyl (C=O) groups is 1. The Kier molecular flexibility index (Phi) is 5.77. The molecule has 5 nitrogen and oxygen atoms in total. The fourth-order valence-electron chi connectivity index (χ4n) is 2.73. The summed E-state index contributed by atoms with van der Waals surface area (Å²) in [5.41, 5.74) is 5.19. The number of rotatable bonds is 4. The first-order chi connectivity index (χ1) is 12.8. The van der Waals surface area contributed by atoms with Crippen LogP contribution in [0.4, 0.5) is 0 Å². The van der Waals surface area contributed by atoms with Crippen molar-refractivity contribution in [3.8, 4) is 17.1 Å². The van der Waals surface area contributed by atoms with Gasteiger partial charge in [0.1, 0.15) is 5.82 Å². The zero-order chi connectivity index (χ0) is 19.7. The molecule has 0 aliphatic rings. The molecule has 0 aliphatic carbocycles. The lowest BCUT2D eigenvalue weighted by Crippen LogP contribution is -2.36. The lowest BCUT2D eigenvalue weighted by molar-refractivity contribution is 0.0851. The van der Waals surface area contributed by atoms with Gasteiger partial charge in [-0.2, -0.15) is 0 Å². The topological polar surface area (TPSA) is 50.2 Å². The summed E-state index contributed by atoms with van der Waals surface area (Å²) in [6, 6.07) is 12.4. The molecule has 27 heavy (non-hydrogen) atoms. The number of hydrogen-bond acceptors (Lipinski definition) is 3. The molecule has 1 N–H and O–H groups in total. The zero-order valence-electron chi connectivity index (χ0n) is 14.9. The van der Waals surface area contributed by atoms with Crippen molar-refractivity contribution in [1.82, 2.24) is 20.0 Å². The Morgan fingerprint density at radius 3 is 2.26 bits per heavy atom. The number of hydrazine groups is 1. The lowest BCUT2D eigenvalue weighted by atomic mass is 10.2. The van der Waals surface area contributed by atoms with Crippen LogP contribution in [0.25, 0.3) is 17.1 Å². The van der Waals surface area contributed by atoms with E-state index in [1.54, 1.807) is 49.4 Å². The van der Waals surface area contributed by atoms with Crippen LogP contribution < -0.4 is 5.43 Å². The van der Waals surface area contributed by atoms with Gasteiger partial charge in [0.05, 0.1) is 10.7 Å². The van der Waals surface area contributed by atoms with Crippen LogP contribution in [-0.2, 0) is 0 Å². The van der Waals surface area contributed by atoms with E-state index >= 15 is 0 Å². The summed E-state index contributed by atoms with van der Waals surface area (Å²) in [6.07, 6.45) is 0. The normalized spacial score (nSPS) is 11.1. The Balaban J connectivity index is 2.24. The predicted octanol–water partition coefficient (Wildman–Crippen LogP) is 5.01. The maximum Gasteiger partial charge on any atom is 0.286 e. The van der Waals surface area contributed by atoms with Crippen molar-refractivity contribution in [2.75, 3.05) is 14.1 Å². The summed E-state index contributed by atoms with van der Waals surface area (Å²) >= 11 is 18.5. The van der Waals surface area contributed by atoms with Crippen molar-refractivity contribution in [2.45, 2.75) is 6.92 Å². The van der Waals surface area contributed by atoms with Gasteiger partial charge in [0.15, 0.2) is 5.69 Å². The third-order valence-electron chi connectivity index (χ3n) is 3.90. The summed E-state index contributed by atoms with van der Waals surface area (Å²) in [5.74, 6) is 0.233. The number of nitrogens with zero attached hydrogens (tertiary/aromatic N) is 3. The van der Waals surface area contributed by atoms with E-state index in [0.717, 1.165) is 5.69 Å². The fourth-order valence-corrected chi connectivity index (χ4v) is 3.35. The summed E-state index contributed by atoms with van der Waals surface area (Å²) in [6.45, 7) is 1.83. The Morgan fingerprint density at radius 2 is 1.67 bits per heavy atom. The second kappa shape index (κ2) is 7.90. The lowest BCUT2D eigenvalue weighted by Gasteiger charge is -2.12. The number of benzene rings is 2. The Hall–Kier alpha value is -2.05. The van der Waals surface area contributed by atoms with Gasteiger partial charge in [-0.1, -0.05) is 34.8 Å². The number of nitrogens with one attached hydrogen (secondary N) is 1. The van der Waals surface area contributed by atoms with Crippen LogP contribution in [0.15, 0.2) is 42.5 Å². The molecular formula is C19H17Cl3N4O. The molecule has 8 heteroatoms. The molecule has 1 aromatic heterocycles. The molecule has 2 aromatic carbocycles. The maximum absolute atomic E-state index is 12.6. The van der Waals surface area contributed by atoms with Crippen LogP contribution in [-0.4, -0.2) is 34.6 Å². The van der Waals surface area contributed by atoms with Gasteiger partial charge in [-0.15, -0.1) is 0 Å². The van der Waals surface area contributed by atoms with Crippen molar-refractivity contribution in [3.63, 3.8) is 0 Å². The largest absolute Gasteiger partial charge is 0.296 e. The van der Waals surface area contributed by atoms with Gasteiger partial charge in [-0.05, 0) is 49.4 Å². The van der Waals surface area contributed by atoms with E-state index in [9.17, 15) is 4.79 Å². The van der Waals surface area contributed by atoms with Crippen LogP contribution in [0.5, 0.6) is 0 Å². The monoisotopic (exact) mass is 422 g/mol. The first-order valence-corrected chi connectivity index (χ1v) is 9.20. The minimum absolute atomic E-state index is 0.305. The zero-order valence-corrected chi connectivity index (χ0v) is 17.2. The first-order valence-electron chi connectivity index (χ1n) is 8.07. The molecule has 3 rings (SSSR count). The molecule has 3 aromatic rings. The van der Waals surface area contributed by atoms with E-state index in [1.807, 2.05) is 23.6 Å². The van der Waals surface area contributed by atoms with Crippen LogP contribution in [0.2, 0.25) is 15.1 Å². The molecule has 0 aliphatic heterocycles. The number of imidazole rings is 1. The molecule has 140 valence electrons. The average molecular weight is 424 g/mol. The van der Waals surface area contributed by atoms with Crippen LogP contribution in [0, 0.1) is 6.92 Å². The third kappa shape index (κ3) is 4.12. The molecule has 1 heterocycles. The molecule has 0 saturated carbocycles. The molecule has 0 atom stereocenters. The van der Waals surface area contributed by atoms with Crippen molar-refractivity contribution >= 4 is 40.7 Å². The van der Waals surface area contributed by atoms with Gasteiger partial charge in [0.2, 0.25) is 0 Å². The number of hydrogen-bond donors (Lipinski definition) is 1. The van der Waals surface area contributed by atoms with E-state index < -0.39 is 0 Å². The summed E-state index contributed by atoms with van der Waals surface area (Å²) in [4.78, 5) is 17.2. The van der Waals surface area contributed by atoms with Gasteiger partial charge in [-0.25, -0.2) is 9.99 Å². The third-order valence-corrected chi connectivity index (χ3v) is 4.70. The quantitative estimate of drug-likeness (QED) is 0.600. The first kappa shape index (κ1) is 19.7. The van der Waals surface area contributed by atoms with E-state index in [1.165, 1.54) is 0 Å². The van der Waals surface area contributed by atoms with E-state index in [-0.39, 0.29) is 5.91 Å². The summed E-state index contributed by atoms with van der Waals surface area (Å²) in [5, 5.41) is 3.16. The Morgan fingerprint density at radius 1 is 1.04 bits per heavy atom. The second-order valence-electron chi connectivity index (χ2n) is 6.14. The highest BCUT2D eigenvalue weighted by Gasteiger charge is 2.23. The van der Waals surface area contributed by atoms with Crippen LogP contribution >= 0.6 is 34.8 Å². The SMILES string of the molecule is Cc1c(C(=O)NN(C)C)nc(-c2ccc(Cl)cc2Cl)n1-c1ccc(Cl)cc1. The highest BCUT2D eigenvalue weighted by Crippen LogP contribution is 2.33. The Bertz CT molecular complexity index is 997. The molecule has 0 spiro atoms. The molecule has 1 amide bonds.